The Morgan fingerprint density at radius 3 is 2.67 bits per heavy atom. The Morgan fingerprint density at radius 1 is 1.33 bits per heavy atom. The van der Waals surface area contributed by atoms with Crippen LogP contribution in [0.15, 0.2) is 0 Å². The molecule has 0 aromatic carbocycles. The summed E-state index contributed by atoms with van der Waals surface area (Å²) in [6.07, 6.45) is 1.09. The Kier molecular flexibility index (Phi) is 0.978. The minimum atomic E-state index is -0.217. The Hall–Kier alpha value is -0.0800. The van der Waals surface area contributed by atoms with Crippen LogP contribution in [0, 0.1) is 17.3 Å². The summed E-state index contributed by atoms with van der Waals surface area (Å²) in [4.78, 5) is 0. The van der Waals surface area contributed by atoms with Gasteiger partial charge in [0.25, 0.3) is 0 Å². The zero-order valence-corrected chi connectivity index (χ0v) is 7.87. The van der Waals surface area contributed by atoms with Gasteiger partial charge in [0.05, 0.1) is 12.2 Å². The topological polar surface area (TPSA) is 32.8 Å². The van der Waals surface area contributed by atoms with Gasteiger partial charge in [-0.05, 0) is 30.6 Å². The standard InChI is InChI=1S/C10H16O2/c1-9(2)5-4-6(11)10(3)8(12-10)7(5)9/h5-8,11H,4H2,1-3H3. The lowest BCUT2D eigenvalue weighted by Crippen LogP contribution is -2.33. The second kappa shape index (κ2) is 1.60. The Balaban J connectivity index is 1.92. The number of hydrogen-bond donors (Lipinski definition) is 1. The molecule has 68 valence electrons. The van der Waals surface area contributed by atoms with Crippen molar-refractivity contribution in [3.8, 4) is 0 Å². The van der Waals surface area contributed by atoms with Crippen molar-refractivity contribution in [3.05, 3.63) is 0 Å². The van der Waals surface area contributed by atoms with Crippen LogP contribution in [0.2, 0.25) is 0 Å². The monoisotopic (exact) mass is 168 g/mol. The van der Waals surface area contributed by atoms with Crippen molar-refractivity contribution in [2.75, 3.05) is 0 Å². The summed E-state index contributed by atoms with van der Waals surface area (Å²) in [6.45, 7) is 6.64. The van der Waals surface area contributed by atoms with Gasteiger partial charge in [-0.2, -0.15) is 0 Å². The summed E-state index contributed by atoms with van der Waals surface area (Å²) in [7, 11) is 0. The molecule has 1 saturated heterocycles. The van der Waals surface area contributed by atoms with E-state index in [0.29, 0.717) is 17.4 Å². The molecule has 1 heterocycles. The Bertz CT molecular complexity index is 248. The number of epoxide rings is 1. The predicted molar refractivity (Wildman–Crippen MR) is 44.7 cm³/mol. The molecule has 5 unspecified atom stereocenters. The molecular weight excluding hydrogens is 152 g/mol. The minimum absolute atomic E-state index is 0.172. The van der Waals surface area contributed by atoms with E-state index in [2.05, 4.69) is 13.8 Å². The van der Waals surface area contributed by atoms with Crippen LogP contribution < -0.4 is 0 Å². The van der Waals surface area contributed by atoms with Gasteiger partial charge in [-0.3, -0.25) is 0 Å². The molecule has 1 N–H and O–H groups in total. The second-order valence-electron chi connectivity index (χ2n) is 5.43. The molecule has 5 atom stereocenters. The maximum absolute atomic E-state index is 9.78. The third kappa shape index (κ3) is 0.579. The second-order valence-corrected chi connectivity index (χ2v) is 5.43. The zero-order valence-electron chi connectivity index (χ0n) is 7.87. The lowest BCUT2D eigenvalue weighted by Gasteiger charge is -2.18. The molecule has 2 heteroatoms. The van der Waals surface area contributed by atoms with E-state index >= 15 is 0 Å². The van der Waals surface area contributed by atoms with Gasteiger partial charge in [0, 0.05) is 0 Å². The van der Waals surface area contributed by atoms with Crippen LogP contribution in [0.25, 0.3) is 0 Å². The highest BCUT2D eigenvalue weighted by Crippen LogP contribution is 2.72. The normalized spacial score (nSPS) is 65.0. The smallest absolute Gasteiger partial charge is 0.118 e. The van der Waals surface area contributed by atoms with Crippen LogP contribution in [-0.2, 0) is 4.74 Å². The number of hydrogen-bond acceptors (Lipinski definition) is 2. The average molecular weight is 168 g/mol. The lowest BCUT2D eigenvalue weighted by molar-refractivity contribution is 0.0684. The van der Waals surface area contributed by atoms with E-state index in [0.717, 1.165) is 12.3 Å². The van der Waals surface area contributed by atoms with Gasteiger partial charge >= 0.3 is 0 Å². The molecule has 3 fully saturated rings. The van der Waals surface area contributed by atoms with Gasteiger partial charge in [-0.1, -0.05) is 13.8 Å². The van der Waals surface area contributed by atoms with Crippen molar-refractivity contribution < 1.29 is 9.84 Å². The molecule has 0 amide bonds. The molecule has 2 nitrogen and oxygen atoms in total. The average Bonchev–Trinajstić information content (AvgIpc) is 2.74. The number of ether oxygens (including phenoxy) is 1. The van der Waals surface area contributed by atoms with Crippen LogP contribution in [0.1, 0.15) is 27.2 Å². The molecular formula is C10H16O2. The summed E-state index contributed by atoms with van der Waals surface area (Å²) < 4.78 is 5.62. The molecule has 3 aliphatic rings. The van der Waals surface area contributed by atoms with Gasteiger partial charge < -0.3 is 9.84 Å². The first-order valence-corrected chi connectivity index (χ1v) is 4.84. The fourth-order valence-corrected chi connectivity index (χ4v) is 3.25. The quantitative estimate of drug-likeness (QED) is 0.551. The number of aliphatic hydroxyl groups excluding tert-OH is 1. The summed E-state index contributed by atoms with van der Waals surface area (Å²) in [5.74, 6) is 1.44. The van der Waals surface area contributed by atoms with Crippen molar-refractivity contribution in [2.45, 2.75) is 45.0 Å². The summed E-state index contributed by atoms with van der Waals surface area (Å²) in [5, 5.41) is 9.78. The van der Waals surface area contributed by atoms with Crippen molar-refractivity contribution in [1.29, 1.82) is 0 Å². The molecule has 0 spiro atoms. The van der Waals surface area contributed by atoms with Gasteiger partial charge in [-0.15, -0.1) is 0 Å². The SMILES string of the molecule is CC1(C)C2CC(O)C3(C)OC3C21. The van der Waals surface area contributed by atoms with E-state index in [1.165, 1.54) is 0 Å². The first-order chi connectivity index (χ1) is 5.48. The van der Waals surface area contributed by atoms with E-state index in [4.69, 9.17) is 4.74 Å². The number of rotatable bonds is 0. The van der Waals surface area contributed by atoms with E-state index in [1.54, 1.807) is 0 Å². The Labute approximate surface area is 72.9 Å². The molecule has 0 bridgehead atoms. The third-order valence-electron chi connectivity index (χ3n) is 4.49. The summed E-state index contributed by atoms with van der Waals surface area (Å²) >= 11 is 0. The molecule has 2 saturated carbocycles. The van der Waals surface area contributed by atoms with Crippen LogP contribution in [0.3, 0.4) is 0 Å². The van der Waals surface area contributed by atoms with Crippen molar-refractivity contribution in [2.24, 2.45) is 17.3 Å². The predicted octanol–water partition coefficient (Wildman–Crippen LogP) is 1.18. The third-order valence-corrected chi connectivity index (χ3v) is 4.49. The van der Waals surface area contributed by atoms with E-state index in [1.807, 2.05) is 6.92 Å². The fourth-order valence-electron chi connectivity index (χ4n) is 3.25. The fraction of sp³-hybridized carbons (Fsp3) is 1.00. The lowest BCUT2D eigenvalue weighted by atomic mass is 9.88. The number of aliphatic hydroxyl groups is 1. The minimum Gasteiger partial charge on any atom is -0.390 e. The first-order valence-electron chi connectivity index (χ1n) is 4.84. The highest BCUT2D eigenvalue weighted by Gasteiger charge is 2.77. The highest BCUT2D eigenvalue weighted by atomic mass is 16.6. The van der Waals surface area contributed by atoms with Crippen molar-refractivity contribution in [3.63, 3.8) is 0 Å². The van der Waals surface area contributed by atoms with E-state index in [9.17, 15) is 5.11 Å². The maximum atomic E-state index is 9.78. The van der Waals surface area contributed by atoms with Crippen LogP contribution in [-0.4, -0.2) is 22.9 Å². The van der Waals surface area contributed by atoms with Gasteiger partial charge in [0.2, 0.25) is 0 Å². The summed E-state index contributed by atoms with van der Waals surface area (Å²) in [6, 6.07) is 0. The van der Waals surface area contributed by atoms with E-state index in [-0.39, 0.29) is 11.7 Å². The molecule has 1 aliphatic heterocycles. The first kappa shape index (κ1) is 7.34. The van der Waals surface area contributed by atoms with Crippen molar-refractivity contribution in [1.82, 2.24) is 0 Å². The summed E-state index contributed by atoms with van der Waals surface area (Å²) in [5.41, 5.74) is 0.259. The maximum Gasteiger partial charge on any atom is 0.118 e. The van der Waals surface area contributed by atoms with Crippen molar-refractivity contribution >= 4 is 0 Å². The molecule has 0 radical (unpaired) electrons. The van der Waals surface area contributed by atoms with Crippen LogP contribution >= 0.6 is 0 Å². The highest BCUT2D eigenvalue weighted by molar-refractivity contribution is 5.24. The Morgan fingerprint density at radius 2 is 2.00 bits per heavy atom. The molecule has 3 rings (SSSR count). The molecule has 0 aromatic rings. The molecule has 12 heavy (non-hydrogen) atoms. The van der Waals surface area contributed by atoms with Gasteiger partial charge in [0.1, 0.15) is 5.60 Å². The zero-order chi connectivity index (χ0) is 8.72. The van der Waals surface area contributed by atoms with Gasteiger partial charge in [-0.25, -0.2) is 0 Å². The van der Waals surface area contributed by atoms with Crippen LogP contribution in [0.4, 0.5) is 0 Å². The largest absolute Gasteiger partial charge is 0.390 e. The van der Waals surface area contributed by atoms with Crippen LogP contribution in [0.5, 0.6) is 0 Å². The van der Waals surface area contributed by atoms with E-state index < -0.39 is 0 Å². The molecule has 2 aliphatic carbocycles. The molecule has 0 aromatic heterocycles. The van der Waals surface area contributed by atoms with Gasteiger partial charge in [0.15, 0.2) is 0 Å². The number of fused-ring (bicyclic) bond motifs is 3.